The van der Waals surface area contributed by atoms with Crippen LogP contribution in [0.2, 0.25) is 0 Å². The van der Waals surface area contributed by atoms with Crippen LogP contribution in [0.5, 0.6) is 0 Å². The van der Waals surface area contributed by atoms with E-state index >= 15 is 0 Å². The van der Waals surface area contributed by atoms with Gasteiger partial charge < -0.3 is 10.4 Å². The highest BCUT2D eigenvalue weighted by Gasteiger charge is 2.27. The third-order valence-corrected chi connectivity index (χ3v) is 5.49. The Morgan fingerprint density at radius 3 is 2.95 bits per heavy atom. The van der Waals surface area contributed by atoms with E-state index in [0.717, 1.165) is 17.7 Å². The van der Waals surface area contributed by atoms with Crippen LogP contribution >= 0.6 is 11.3 Å². The van der Waals surface area contributed by atoms with Gasteiger partial charge in [-0.15, -0.1) is 11.3 Å². The van der Waals surface area contributed by atoms with Crippen molar-refractivity contribution in [1.29, 1.82) is 0 Å². The molecule has 0 fully saturated rings. The summed E-state index contributed by atoms with van der Waals surface area (Å²) in [6.07, 6.45) is 2.59. The summed E-state index contributed by atoms with van der Waals surface area (Å²) in [6, 6.07) is 12.2. The number of thiophene rings is 1. The lowest BCUT2D eigenvalue weighted by molar-refractivity contribution is -0.122. The van der Waals surface area contributed by atoms with Crippen molar-refractivity contribution >= 4 is 17.2 Å². The smallest absolute Gasteiger partial charge is 0.220 e. The molecule has 3 nitrogen and oxygen atoms in total. The zero-order chi connectivity index (χ0) is 15.6. The summed E-state index contributed by atoms with van der Waals surface area (Å²) in [5.74, 6) is 0.321. The third kappa shape index (κ3) is 3.23. The molecule has 0 bridgehead atoms. The first kappa shape index (κ1) is 15.3. The fraction of sp³-hybridized carbons (Fsp3) is 0.389. The Labute approximate surface area is 135 Å². The summed E-state index contributed by atoms with van der Waals surface area (Å²) in [5, 5.41) is 15.3. The first-order valence-corrected chi connectivity index (χ1v) is 8.55. The van der Waals surface area contributed by atoms with E-state index in [4.69, 9.17) is 0 Å². The van der Waals surface area contributed by atoms with Crippen LogP contribution in [-0.4, -0.2) is 17.6 Å². The van der Waals surface area contributed by atoms with Crippen LogP contribution in [0, 0.1) is 0 Å². The van der Waals surface area contributed by atoms with E-state index in [1.54, 1.807) is 6.92 Å². The number of hydrogen-bond donors (Lipinski definition) is 2. The van der Waals surface area contributed by atoms with Crippen LogP contribution in [0.15, 0.2) is 41.8 Å². The molecule has 0 radical (unpaired) electrons. The van der Waals surface area contributed by atoms with Crippen molar-refractivity contribution in [2.75, 3.05) is 6.54 Å². The zero-order valence-electron chi connectivity index (χ0n) is 12.7. The molecule has 1 amide bonds. The van der Waals surface area contributed by atoms with Crippen molar-refractivity contribution < 1.29 is 9.90 Å². The Hall–Kier alpha value is -1.65. The lowest BCUT2D eigenvalue weighted by Crippen LogP contribution is -2.38. The van der Waals surface area contributed by atoms with Crippen LogP contribution in [0.1, 0.15) is 41.7 Å². The van der Waals surface area contributed by atoms with E-state index < -0.39 is 5.60 Å². The Balaban J connectivity index is 1.56. The number of nitrogens with one attached hydrogen (secondary N) is 1. The fourth-order valence-corrected chi connectivity index (χ4v) is 3.88. The van der Waals surface area contributed by atoms with Crippen molar-refractivity contribution in [3.63, 3.8) is 0 Å². The lowest BCUT2D eigenvalue weighted by atomic mass is 9.97. The van der Waals surface area contributed by atoms with Gasteiger partial charge in [0.15, 0.2) is 0 Å². The van der Waals surface area contributed by atoms with Gasteiger partial charge in [-0.1, -0.05) is 30.3 Å². The quantitative estimate of drug-likeness (QED) is 0.890. The average Bonchev–Trinajstić information content (AvgIpc) is 3.16. The van der Waals surface area contributed by atoms with Crippen LogP contribution in [-0.2, 0) is 16.8 Å². The number of rotatable bonds is 5. The molecule has 2 aromatic rings. The number of hydrogen-bond acceptors (Lipinski definition) is 3. The predicted octanol–water partition coefficient (Wildman–Crippen LogP) is 3.19. The summed E-state index contributed by atoms with van der Waals surface area (Å²) >= 11 is 1.50. The van der Waals surface area contributed by atoms with Crippen molar-refractivity contribution in [3.8, 4) is 0 Å². The van der Waals surface area contributed by atoms with Crippen molar-refractivity contribution in [1.82, 2.24) is 5.32 Å². The monoisotopic (exact) mass is 315 g/mol. The maximum Gasteiger partial charge on any atom is 0.220 e. The van der Waals surface area contributed by atoms with E-state index in [2.05, 4.69) is 23.5 Å². The maximum atomic E-state index is 12.2. The first-order valence-electron chi connectivity index (χ1n) is 7.67. The first-order chi connectivity index (χ1) is 10.6. The number of amides is 1. The molecule has 4 heteroatoms. The molecular formula is C18H21NO2S. The predicted molar refractivity (Wildman–Crippen MR) is 89.0 cm³/mol. The Kier molecular flexibility index (Phi) is 4.32. The van der Waals surface area contributed by atoms with Gasteiger partial charge in [0.25, 0.3) is 0 Å². The maximum absolute atomic E-state index is 12.2. The topological polar surface area (TPSA) is 49.3 Å². The van der Waals surface area contributed by atoms with Crippen LogP contribution in [0.4, 0.5) is 0 Å². The van der Waals surface area contributed by atoms with E-state index in [-0.39, 0.29) is 12.5 Å². The van der Waals surface area contributed by atoms with Crippen LogP contribution < -0.4 is 5.32 Å². The summed E-state index contributed by atoms with van der Waals surface area (Å²) < 4.78 is 0. The summed E-state index contributed by atoms with van der Waals surface area (Å²) in [4.78, 5) is 13.1. The van der Waals surface area contributed by atoms with Gasteiger partial charge in [0.05, 0.1) is 6.54 Å². The Bertz CT molecular complexity index is 649. The minimum Gasteiger partial charge on any atom is -0.383 e. The molecule has 0 saturated heterocycles. The SMILES string of the molecule is CC(O)(CNC(=O)CC1CCc2ccccc21)c1cccs1. The standard InChI is InChI=1S/C18H21NO2S/c1-18(21,16-7-4-10-22-16)12-19-17(20)11-14-9-8-13-5-2-3-6-15(13)14/h2-7,10,14,21H,8-9,11-12H2,1H3,(H,19,20). The average molecular weight is 315 g/mol. The van der Waals surface area contributed by atoms with Gasteiger partial charge in [0.2, 0.25) is 5.91 Å². The number of aliphatic hydroxyl groups is 1. The minimum absolute atomic E-state index is 0.0125. The number of aryl methyl sites for hydroxylation is 1. The molecule has 2 unspecified atom stereocenters. The molecule has 1 aliphatic carbocycles. The molecule has 0 aliphatic heterocycles. The second-order valence-electron chi connectivity index (χ2n) is 6.17. The molecule has 22 heavy (non-hydrogen) atoms. The Morgan fingerprint density at radius 2 is 2.18 bits per heavy atom. The number of benzene rings is 1. The second-order valence-corrected chi connectivity index (χ2v) is 7.11. The molecule has 2 N–H and O–H groups in total. The Morgan fingerprint density at radius 1 is 1.36 bits per heavy atom. The van der Waals surface area contributed by atoms with Crippen molar-refractivity contribution in [2.45, 2.75) is 37.7 Å². The highest BCUT2D eigenvalue weighted by Crippen LogP contribution is 2.35. The van der Waals surface area contributed by atoms with Gasteiger partial charge in [-0.3, -0.25) is 4.79 Å². The summed E-state index contributed by atoms with van der Waals surface area (Å²) in [6.45, 7) is 1.99. The molecule has 1 aliphatic rings. The van der Waals surface area contributed by atoms with Crippen LogP contribution in [0.3, 0.4) is 0 Å². The molecule has 116 valence electrons. The van der Waals surface area contributed by atoms with E-state index in [1.165, 1.54) is 22.5 Å². The van der Waals surface area contributed by atoms with E-state index in [9.17, 15) is 9.90 Å². The summed E-state index contributed by atoms with van der Waals surface area (Å²) in [5.41, 5.74) is 1.67. The molecule has 0 spiro atoms. The molecule has 1 heterocycles. The lowest BCUT2D eigenvalue weighted by Gasteiger charge is -2.23. The van der Waals surface area contributed by atoms with Gasteiger partial charge in [0.1, 0.15) is 5.60 Å². The molecule has 1 aromatic heterocycles. The second kappa shape index (κ2) is 6.23. The van der Waals surface area contributed by atoms with E-state index in [1.807, 2.05) is 23.6 Å². The van der Waals surface area contributed by atoms with Crippen molar-refractivity contribution in [2.24, 2.45) is 0 Å². The fourth-order valence-electron chi connectivity index (χ4n) is 3.10. The molecule has 2 atom stereocenters. The van der Waals surface area contributed by atoms with Crippen molar-refractivity contribution in [3.05, 3.63) is 57.8 Å². The molecule has 0 saturated carbocycles. The summed E-state index contributed by atoms with van der Waals surface area (Å²) in [7, 11) is 0. The third-order valence-electron chi connectivity index (χ3n) is 4.37. The zero-order valence-corrected chi connectivity index (χ0v) is 13.5. The number of fused-ring (bicyclic) bond motifs is 1. The van der Waals surface area contributed by atoms with Gasteiger partial charge in [-0.2, -0.15) is 0 Å². The largest absolute Gasteiger partial charge is 0.383 e. The highest BCUT2D eigenvalue weighted by atomic mass is 32.1. The van der Waals surface area contributed by atoms with Crippen LogP contribution in [0.25, 0.3) is 0 Å². The minimum atomic E-state index is -1.00. The van der Waals surface area contributed by atoms with E-state index in [0.29, 0.717) is 12.3 Å². The highest BCUT2D eigenvalue weighted by molar-refractivity contribution is 7.10. The normalized spacial score (nSPS) is 19.5. The molecular weight excluding hydrogens is 294 g/mol. The number of carbonyl (C=O) groups is 1. The van der Waals surface area contributed by atoms with Gasteiger partial charge in [-0.25, -0.2) is 0 Å². The van der Waals surface area contributed by atoms with Gasteiger partial charge in [-0.05, 0) is 48.3 Å². The molecule has 3 rings (SSSR count). The molecule has 1 aromatic carbocycles. The van der Waals surface area contributed by atoms with Gasteiger partial charge >= 0.3 is 0 Å². The number of carbonyl (C=O) groups excluding carboxylic acids is 1. The van der Waals surface area contributed by atoms with Gasteiger partial charge in [0, 0.05) is 11.3 Å².